The molecule has 2 aromatic rings. The Hall–Kier alpha value is -2.29. The van der Waals surface area contributed by atoms with E-state index in [0.717, 1.165) is 37.0 Å². The third kappa shape index (κ3) is 4.22. The Labute approximate surface area is 150 Å². The van der Waals surface area contributed by atoms with Gasteiger partial charge in [0, 0.05) is 18.7 Å². The van der Waals surface area contributed by atoms with Gasteiger partial charge >= 0.3 is 0 Å². The second-order valence-electron chi connectivity index (χ2n) is 6.91. The first kappa shape index (κ1) is 17.5. The molecule has 1 aliphatic carbocycles. The molecule has 0 spiro atoms. The van der Waals surface area contributed by atoms with Crippen molar-refractivity contribution in [1.29, 1.82) is 0 Å². The highest BCUT2D eigenvalue weighted by molar-refractivity contribution is 5.79. The van der Waals surface area contributed by atoms with Crippen molar-refractivity contribution in [2.24, 2.45) is 0 Å². The minimum absolute atomic E-state index is 0.174. The molecular weight excluding hydrogens is 310 g/mol. The van der Waals surface area contributed by atoms with Gasteiger partial charge in [-0.15, -0.1) is 0 Å². The summed E-state index contributed by atoms with van der Waals surface area (Å²) in [6.07, 6.45) is 4.86. The molecule has 25 heavy (non-hydrogen) atoms. The molecule has 0 saturated heterocycles. The van der Waals surface area contributed by atoms with Crippen molar-refractivity contribution in [3.8, 4) is 5.75 Å². The molecule has 0 bridgehead atoms. The number of amides is 1. The van der Waals surface area contributed by atoms with Crippen LogP contribution in [0.15, 0.2) is 54.6 Å². The summed E-state index contributed by atoms with van der Waals surface area (Å²) >= 11 is 0. The van der Waals surface area contributed by atoms with Crippen LogP contribution in [0.5, 0.6) is 5.75 Å². The van der Waals surface area contributed by atoms with Gasteiger partial charge < -0.3 is 9.64 Å². The Kier molecular flexibility index (Phi) is 5.75. The average molecular weight is 337 g/mol. The zero-order chi connectivity index (χ0) is 17.6. The number of rotatable bonds is 5. The Morgan fingerprint density at radius 2 is 1.64 bits per heavy atom. The van der Waals surface area contributed by atoms with E-state index in [-0.39, 0.29) is 5.91 Å². The van der Waals surface area contributed by atoms with Crippen molar-refractivity contribution in [2.75, 3.05) is 14.2 Å². The molecule has 0 radical (unpaired) electrons. The minimum atomic E-state index is 0.174. The molecule has 132 valence electrons. The van der Waals surface area contributed by atoms with E-state index in [9.17, 15) is 4.79 Å². The Morgan fingerprint density at radius 3 is 2.32 bits per heavy atom. The van der Waals surface area contributed by atoms with Crippen molar-refractivity contribution in [1.82, 2.24) is 4.90 Å². The van der Waals surface area contributed by atoms with Crippen LogP contribution in [0.1, 0.15) is 42.7 Å². The van der Waals surface area contributed by atoms with Gasteiger partial charge in [-0.2, -0.15) is 0 Å². The van der Waals surface area contributed by atoms with Crippen LogP contribution in [0.25, 0.3) is 0 Å². The fourth-order valence-corrected chi connectivity index (χ4v) is 3.86. The first-order valence-electron chi connectivity index (χ1n) is 9.11. The maximum Gasteiger partial charge on any atom is 0.227 e. The van der Waals surface area contributed by atoms with Crippen molar-refractivity contribution in [3.63, 3.8) is 0 Å². The Bertz CT molecular complexity index is 690. The van der Waals surface area contributed by atoms with Gasteiger partial charge in [-0.1, -0.05) is 48.5 Å². The number of hydrogen-bond acceptors (Lipinski definition) is 2. The molecule has 3 rings (SSSR count). The number of methoxy groups -OCH3 is 1. The lowest BCUT2D eigenvalue weighted by Crippen LogP contribution is -2.40. The molecule has 1 aliphatic rings. The van der Waals surface area contributed by atoms with Crippen LogP contribution in [0.3, 0.4) is 0 Å². The van der Waals surface area contributed by atoms with E-state index in [4.69, 9.17) is 4.74 Å². The molecule has 1 amide bonds. The number of likely N-dealkylation sites (N-methyl/N-ethyl adjacent to an activating group) is 1. The Balaban J connectivity index is 1.57. The number of nitrogens with zero attached hydrogens (tertiary/aromatic N) is 1. The van der Waals surface area contributed by atoms with E-state index in [0.29, 0.717) is 18.4 Å². The molecule has 3 nitrogen and oxygen atoms in total. The van der Waals surface area contributed by atoms with Gasteiger partial charge in [-0.25, -0.2) is 0 Å². The molecule has 0 aromatic heterocycles. The van der Waals surface area contributed by atoms with Gasteiger partial charge in [0.2, 0.25) is 5.91 Å². The Morgan fingerprint density at radius 1 is 1.00 bits per heavy atom. The second kappa shape index (κ2) is 8.19. The molecular formula is C22H27NO2. The van der Waals surface area contributed by atoms with Crippen LogP contribution in [-0.2, 0) is 11.2 Å². The third-order valence-corrected chi connectivity index (χ3v) is 5.44. The topological polar surface area (TPSA) is 29.5 Å². The second-order valence-corrected chi connectivity index (χ2v) is 6.91. The lowest BCUT2D eigenvalue weighted by Gasteiger charge is -2.35. The van der Waals surface area contributed by atoms with E-state index < -0.39 is 0 Å². The van der Waals surface area contributed by atoms with Crippen LogP contribution in [-0.4, -0.2) is 31.0 Å². The van der Waals surface area contributed by atoms with E-state index in [1.807, 2.05) is 36.2 Å². The standard InChI is InChI=1S/C22H27NO2/c1-23(22(24)16-19-10-6-7-11-21(19)25-2)20-14-12-18(13-15-20)17-8-4-3-5-9-17/h3-11,18,20H,12-16H2,1-2H3. The lowest BCUT2D eigenvalue weighted by atomic mass is 9.81. The van der Waals surface area contributed by atoms with E-state index in [1.165, 1.54) is 5.56 Å². The van der Waals surface area contributed by atoms with Crippen LogP contribution in [0.4, 0.5) is 0 Å². The average Bonchev–Trinajstić information content (AvgIpc) is 2.68. The van der Waals surface area contributed by atoms with E-state index in [1.54, 1.807) is 7.11 Å². The summed E-state index contributed by atoms with van der Waals surface area (Å²) in [6.45, 7) is 0. The smallest absolute Gasteiger partial charge is 0.227 e. The predicted octanol–water partition coefficient (Wildman–Crippen LogP) is 4.42. The molecule has 0 unspecified atom stereocenters. The molecule has 0 atom stereocenters. The maximum absolute atomic E-state index is 12.7. The van der Waals surface area contributed by atoms with E-state index in [2.05, 4.69) is 30.3 Å². The van der Waals surface area contributed by atoms with Crippen LogP contribution in [0.2, 0.25) is 0 Å². The highest BCUT2D eigenvalue weighted by Gasteiger charge is 2.27. The number of benzene rings is 2. The lowest BCUT2D eigenvalue weighted by molar-refractivity contribution is -0.131. The fraction of sp³-hybridized carbons (Fsp3) is 0.409. The summed E-state index contributed by atoms with van der Waals surface area (Å²) in [5, 5.41) is 0. The normalized spacial score (nSPS) is 20.1. The number of carbonyl (C=O) groups is 1. The predicted molar refractivity (Wildman–Crippen MR) is 101 cm³/mol. The highest BCUT2D eigenvalue weighted by Crippen LogP contribution is 2.34. The highest BCUT2D eigenvalue weighted by atomic mass is 16.5. The van der Waals surface area contributed by atoms with Gasteiger partial charge in [0.05, 0.1) is 13.5 Å². The number of hydrogen-bond donors (Lipinski definition) is 0. The summed E-state index contributed by atoms with van der Waals surface area (Å²) in [4.78, 5) is 14.7. The van der Waals surface area contributed by atoms with Crippen molar-refractivity contribution in [2.45, 2.75) is 44.1 Å². The van der Waals surface area contributed by atoms with Gasteiger partial charge in [-0.3, -0.25) is 4.79 Å². The molecule has 1 saturated carbocycles. The number of para-hydroxylation sites is 1. The van der Waals surface area contributed by atoms with Crippen molar-refractivity contribution < 1.29 is 9.53 Å². The van der Waals surface area contributed by atoms with E-state index >= 15 is 0 Å². The molecule has 0 N–H and O–H groups in total. The summed E-state index contributed by atoms with van der Waals surface area (Å²) in [7, 11) is 3.60. The van der Waals surface area contributed by atoms with Crippen LogP contribution < -0.4 is 4.74 Å². The summed E-state index contributed by atoms with van der Waals surface area (Å²) in [5.41, 5.74) is 2.39. The minimum Gasteiger partial charge on any atom is -0.496 e. The molecule has 1 fully saturated rings. The quantitative estimate of drug-likeness (QED) is 0.808. The van der Waals surface area contributed by atoms with Crippen LogP contribution >= 0.6 is 0 Å². The third-order valence-electron chi connectivity index (χ3n) is 5.44. The molecule has 0 aliphatic heterocycles. The first-order chi connectivity index (χ1) is 12.2. The van der Waals surface area contributed by atoms with Gasteiger partial charge in [-0.05, 0) is 43.2 Å². The SMILES string of the molecule is COc1ccccc1CC(=O)N(C)C1CCC(c2ccccc2)CC1. The summed E-state index contributed by atoms with van der Waals surface area (Å²) < 4.78 is 5.36. The number of carbonyl (C=O) groups excluding carboxylic acids is 1. The zero-order valence-corrected chi connectivity index (χ0v) is 15.2. The summed E-state index contributed by atoms with van der Waals surface area (Å²) in [5.74, 6) is 1.60. The van der Waals surface area contributed by atoms with Crippen LogP contribution in [0, 0.1) is 0 Å². The van der Waals surface area contributed by atoms with Crippen molar-refractivity contribution >= 4 is 5.91 Å². The van der Waals surface area contributed by atoms with Gasteiger partial charge in [0.25, 0.3) is 0 Å². The largest absolute Gasteiger partial charge is 0.496 e. The fourth-order valence-electron chi connectivity index (χ4n) is 3.86. The zero-order valence-electron chi connectivity index (χ0n) is 15.2. The summed E-state index contributed by atoms with van der Waals surface area (Å²) in [6, 6.07) is 18.9. The van der Waals surface area contributed by atoms with Gasteiger partial charge in [0.1, 0.15) is 5.75 Å². The number of ether oxygens (including phenoxy) is 1. The first-order valence-corrected chi connectivity index (χ1v) is 9.11. The van der Waals surface area contributed by atoms with Crippen molar-refractivity contribution in [3.05, 3.63) is 65.7 Å². The molecule has 0 heterocycles. The maximum atomic E-state index is 12.7. The monoisotopic (exact) mass is 337 g/mol. The molecule has 3 heteroatoms. The molecule has 2 aromatic carbocycles. The van der Waals surface area contributed by atoms with Gasteiger partial charge in [0.15, 0.2) is 0 Å².